The summed E-state index contributed by atoms with van der Waals surface area (Å²) in [5.74, 6) is 0. The first kappa shape index (κ1) is 33.7. The van der Waals surface area contributed by atoms with E-state index in [4.69, 9.17) is 0 Å². The van der Waals surface area contributed by atoms with Crippen LogP contribution in [0.25, 0.3) is 0 Å². The normalized spacial score (nSPS) is 12.2. The van der Waals surface area contributed by atoms with Crippen molar-refractivity contribution < 1.29 is 21.6 Å². The Labute approximate surface area is 201 Å². The number of quaternary nitrogens is 1. The van der Waals surface area contributed by atoms with Crippen molar-refractivity contribution >= 4 is 10.4 Å². The molecule has 0 unspecified atom stereocenters. The summed E-state index contributed by atoms with van der Waals surface area (Å²) in [6.07, 6.45) is 30.4. The minimum Gasteiger partial charge on any atom is -0.726 e. The van der Waals surface area contributed by atoms with E-state index in [0.717, 1.165) is 11.6 Å². The van der Waals surface area contributed by atoms with E-state index in [0.29, 0.717) is 0 Å². The fourth-order valence-corrected chi connectivity index (χ4v) is 3.54. The fraction of sp³-hybridized carbons (Fsp3) is 0.923. The van der Waals surface area contributed by atoms with Gasteiger partial charge in [-0.05, 0) is 38.5 Å². The standard InChI is InChI=1S/C25H52N.CH4O4S/c1-5-6-7-8-9-10-11-12-13-14-15-16-17-18-19-20-21-22-23-24-25-26(2,3)4;1-5-6(2,3)4/h12-13H,5-11,14-25H2,1-4H3;1H3,(H,2,3,4)/q+1;/p-1. The zero-order valence-electron chi connectivity index (χ0n) is 22.1. The Kier molecular flexibility index (Phi) is 25.0. The first-order valence-electron chi connectivity index (χ1n) is 13.1. The molecule has 0 fully saturated rings. The number of nitrogens with zero attached hydrogens (tertiary/aromatic N) is 1. The monoisotopic (exact) mass is 477 g/mol. The van der Waals surface area contributed by atoms with Crippen LogP contribution in [0.5, 0.6) is 0 Å². The van der Waals surface area contributed by atoms with E-state index in [1.165, 1.54) is 122 Å². The van der Waals surface area contributed by atoms with Crippen molar-refractivity contribution in [2.75, 3.05) is 34.8 Å². The van der Waals surface area contributed by atoms with Gasteiger partial charge in [0.1, 0.15) is 0 Å². The lowest BCUT2D eigenvalue weighted by Gasteiger charge is -2.23. The van der Waals surface area contributed by atoms with E-state index in [1.54, 1.807) is 0 Å². The van der Waals surface area contributed by atoms with Crippen molar-refractivity contribution in [3.63, 3.8) is 0 Å². The molecule has 194 valence electrons. The second-order valence-electron chi connectivity index (χ2n) is 9.94. The molecule has 0 spiro atoms. The van der Waals surface area contributed by atoms with E-state index in [2.05, 4.69) is 44.4 Å². The predicted molar refractivity (Wildman–Crippen MR) is 138 cm³/mol. The SMILES string of the molecule is CCCCCCCCC=CCCCCCCCCCCCC[N+](C)(C)C.COS(=O)(=O)[O-]. The lowest BCUT2D eigenvalue weighted by atomic mass is 10.1. The topological polar surface area (TPSA) is 66.4 Å². The summed E-state index contributed by atoms with van der Waals surface area (Å²) >= 11 is 0. The third-order valence-corrected chi connectivity index (χ3v) is 5.95. The molecule has 6 heteroatoms. The molecule has 0 heterocycles. The minimum atomic E-state index is -4.41. The zero-order chi connectivity index (χ0) is 24.6. The summed E-state index contributed by atoms with van der Waals surface area (Å²) in [5, 5.41) is 0. The number of hydrogen-bond acceptors (Lipinski definition) is 4. The molecule has 0 rings (SSSR count). The average Bonchev–Trinajstić information content (AvgIpc) is 2.71. The largest absolute Gasteiger partial charge is 0.726 e. The van der Waals surface area contributed by atoms with Gasteiger partial charge in [0, 0.05) is 0 Å². The minimum absolute atomic E-state index is 0.808. The first-order valence-corrected chi connectivity index (χ1v) is 14.4. The van der Waals surface area contributed by atoms with Crippen LogP contribution < -0.4 is 0 Å². The highest BCUT2D eigenvalue weighted by molar-refractivity contribution is 7.80. The van der Waals surface area contributed by atoms with Crippen molar-refractivity contribution in [1.29, 1.82) is 0 Å². The van der Waals surface area contributed by atoms with E-state index in [9.17, 15) is 13.0 Å². The van der Waals surface area contributed by atoms with Gasteiger partial charge in [0.2, 0.25) is 10.4 Å². The van der Waals surface area contributed by atoms with Gasteiger partial charge in [-0.15, -0.1) is 0 Å². The Morgan fingerprint density at radius 1 is 0.656 bits per heavy atom. The maximum Gasteiger partial charge on any atom is 0.217 e. The molecule has 0 saturated heterocycles. The highest BCUT2D eigenvalue weighted by Crippen LogP contribution is 2.12. The molecular formula is C26H55NO4S. The van der Waals surface area contributed by atoms with Crippen LogP contribution in [0.15, 0.2) is 12.2 Å². The quantitative estimate of drug-likeness (QED) is 0.0568. The third-order valence-electron chi connectivity index (χ3n) is 5.54. The Hall–Kier alpha value is -0.430. The summed E-state index contributed by atoms with van der Waals surface area (Å²) in [4.78, 5) is 0. The van der Waals surface area contributed by atoms with Crippen LogP contribution in [0, 0.1) is 0 Å². The molecule has 0 N–H and O–H groups in total. The van der Waals surface area contributed by atoms with Gasteiger partial charge >= 0.3 is 0 Å². The van der Waals surface area contributed by atoms with Crippen LogP contribution >= 0.6 is 0 Å². The van der Waals surface area contributed by atoms with Crippen LogP contribution in [0.2, 0.25) is 0 Å². The second-order valence-corrected chi connectivity index (χ2v) is 11.1. The van der Waals surface area contributed by atoms with E-state index < -0.39 is 10.4 Å². The molecule has 0 bridgehead atoms. The molecule has 0 aliphatic carbocycles. The van der Waals surface area contributed by atoms with Crippen LogP contribution in [0.1, 0.15) is 122 Å². The van der Waals surface area contributed by atoms with Crippen LogP contribution in [-0.4, -0.2) is 52.3 Å². The van der Waals surface area contributed by atoms with Crippen LogP contribution in [-0.2, 0) is 14.6 Å². The second kappa shape index (κ2) is 23.7. The van der Waals surface area contributed by atoms with Crippen molar-refractivity contribution in [3.05, 3.63) is 12.2 Å². The lowest BCUT2D eigenvalue weighted by molar-refractivity contribution is -0.870. The lowest BCUT2D eigenvalue weighted by Crippen LogP contribution is -2.35. The number of rotatable bonds is 21. The summed E-state index contributed by atoms with van der Waals surface area (Å²) in [7, 11) is 3.29. The molecule has 0 aliphatic rings. The van der Waals surface area contributed by atoms with Crippen molar-refractivity contribution in [2.45, 2.75) is 122 Å². The van der Waals surface area contributed by atoms with Crippen molar-refractivity contribution in [3.8, 4) is 0 Å². The molecule has 0 aromatic rings. The molecule has 0 aliphatic heterocycles. The smallest absolute Gasteiger partial charge is 0.217 e. The molecule has 0 amide bonds. The van der Waals surface area contributed by atoms with Gasteiger partial charge in [-0.1, -0.05) is 96.1 Å². The van der Waals surface area contributed by atoms with Crippen molar-refractivity contribution in [2.24, 2.45) is 0 Å². The number of hydrogen-bond donors (Lipinski definition) is 0. The molecule has 0 saturated carbocycles. The molecule has 5 nitrogen and oxygen atoms in total. The molecule has 32 heavy (non-hydrogen) atoms. The summed E-state index contributed by atoms with van der Waals surface area (Å²) < 4.78 is 32.1. The summed E-state index contributed by atoms with van der Waals surface area (Å²) in [6.45, 7) is 3.62. The Balaban J connectivity index is 0. The van der Waals surface area contributed by atoms with Gasteiger partial charge in [0.25, 0.3) is 0 Å². The summed E-state index contributed by atoms with van der Waals surface area (Å²) in [5.41, 5.74) is 0. The maximum atomic E-state index is 9.22. The first-order chi connectivity index (χ1) is 15.1. The molecule has 0 radical (unpaired) electrons. The van der Waals surface area contributed by atoms with Gasteiger partial charge in [0.05, 0.1) is 34.8 Å². The molecular weight excluding hydrogens is 422 g/mol. The number of allylic oxidation sites excluding steroid dienone is 2. The van der Waals surface area contributed by atoms with E-state index in [-0.39, 0.29) is 0 Å². The van der Waals surface area contributed by atoms with Gasteiger partial charge in [0.15, 0.2) is 0 Å². The zero-order valence-corrected chi connectivity index (χ0v) is 22.9. The van der Waals surface area contributed by atoms with Gasteiger partial charge < -0.3 is 9.04 Å². The molecule has 0 aromatic carbocycles. The van der Waals surface area contributed by atoms with Crippen LogP contribution in [0.4, 0.5) is 0 Å². The molecule has 0 atom stereocenters. The third kappa shape index (κ3) is 36.9. The van der Waals surface area contributed by atoms with E-state index >= 15 is 0 Å². The van der Waals surface area contributed by atoms with Crippen LogP contribution in [0.3, 0.4) is 0 Å². The van der Waals surface area contributed by atoms with Crippen molar-refractivity contribution in [1.82, 2.24) is 0 Å². The highest BCUT2D eigenvalue weighted by atomic mass is 32.3. The summed E-state index contributed by atoms with van der Waals surface area (Å²) in [6, 6.07) is 0. The van der Waals surface area contributed by atoms with E-state index in [1.807, 2.05) is 0 Å². The Bertz CT molecular complexity index is 498. The maximum absolute atomic E-state index is 9.22. The highest BCUT2D eigenvalue weighted by Gasteiger charge is 2.04. The molecule has 0 aromatic heterocycles. The Morgan fingerprint density at radius 3 is 1.28 bits per heavy atom. The predicted octanol–water partition coefficient (Wildman–Crippen LogP) is 7.38. The number of unbranched alkanes of at least 4 members (excludes halogenated alkanes) is 16. The average molecular weight is 478 g/mol. The van der Waals surface area contributed by atoms with Gasteiger partial charge in [-0.25, -0.2) is 8.42 Å². The van der Waals surface area contributed by atoms with Gasteiger partial charge in [-0.2, -0.15) is 0 Å². The Morgan fingerprint density at radius 2 is 0.969 bits per heavy atom. The fourth-order valence-electron chi connectivity index (χ4n) is 3.54. The van der Waals surface area contributed by atoms with Gasteiger partial charge in [-0.3, -0.25) is 4.18 Å².